The Morgan fingerprint density at radius 3 is 2.47 bits per heavy atom. The van der Waals surface area contributed by atoms with Crippen molar-refractivity contribution in [3.05, 3.63) is 71.3 Å². The van der Waals surface area contributed by atoms with Crippen LogP contribution in [0.3, 0.4) is 0 Å². The zero-order valence-corrected chi connectivity index (χ0v) is 11.7. The van der Waals surface area contributed by atoms with Crippen molar-refractivity contribution in [1.29, 1.82) is 0 Å². The zero-order chi connectivity index (χ0) is 13.2. The van der Waals surface area contributed by atoms with Crippen LogP contribution in [0.5, 0.6) is 0 Å². The van der Waals surface area contributed by atoms with Crippen molar-refractivity contribution in [3.63, 3.8) is 0 Å². The lowest BCUT2D eigenvalue weighted by Gasteiger charge is -2.38. The summed E-state index contributed by atoms with van der Waals surface area (Å²) in [7, 11) is 2.25. The highest BCUT2D eigenvalue weighted by Crippen LogP contribution is 2.39. The maximum Gasteiger partial charge on any atom is 0.0413 e. The summed E-state index contributed by atoms with van der Waals surface area (Å²) in [5.74, 6) is 0.521. The number of benzene rings is 2. The number of nitrogens with zero attached hydrogens (tertiary/aromatic N) is 1. The van der Waals surface area contributed by atoms with Crippen molar-refractivity contribution in [2.24, 2.45) is 0 Å². The molecule has 0 aliphatic carbocycles. The third-order valence-electron chi connectivity index (χ3n) is 4.38. The minimum atomic E-state index is 0.493. The number of fused-ring (bicyclic) bond motifs is 1. The van der Waals surface area contributed by atoms with Gasteiger partial charge in [-0.15, -0.1) is 0 Å². The van der Waals surface area contributed by atoms with Crippen LogP contribution < -0.4 is 0 Å². The fraction of sp³-hybridized carbons (Fsp3) is 0.333. The van der Waals surface area contributed by atoms with Gasteiger partial charge in [0.15, 0.2) is 0 Å². The number of hydrogen-bond donors (Lipinski definition) is 0. The Kier molecular flexibility index (Phi) is 3.39. The van der Waals surface area contributed by atoms with Gasteiger partial charge in [0, 0.05) is 18.5 Å². The average Bonchev–Trinajstić information content (AvgIpc) is 2.47. The minimum Gasteiger partial charge on any atom is -0.298 e. The van der Waals surface area contributed by atoms with Gasteiger partial charge in [-0.3, -0.25) is 4.90 Å². The Labute approximate surface area is 115 Å². The van der Waals surface area contributed by atoms with E-state index in [0.29, 0.717) is 12.0 Å². The molecule has 1 heteroatoms. The first-order valence-electron chi connectivity index (χ1n) is 7.10. The van der Waals surface area contributed by atoms with E-state index >= 15 is 0 Å². The summed E-state index contributed by atoms with van der Waals surface area (Å²) in [6.07, 6.45) is 1.17. The molecule has 0 radical (unpaired) electrons. The smallest absolute Gasteiger partial charge is 0.0413 e. The third-order valence-corrected chi connectivity index (χ3v) is 4.38. The van der Waals surface area contributed by atoms with E-state index < -0.39 is 0 Å². The number of rotatable bonds is 2. The molecule has 98 valence electrons. The van der Waals surface area contributed by atoms with Gasteiger partial charge in [-0.25, -0.2) is 0 Å². The average molecular weight is 251 g/mol. The largest absolute Gasteiger partial charge is 0.298 e. The zero-order valence-electron chi connectivity index (χ0n) is 11.7. The molecule has 0 saturated carbocycles. The van der Waals surface area contributed by atoms with E-state index in [1.54, 1.807) is 0 Å². The number of hydrogen-bond acceptors (Lipinski definition) is 1. The van der Waals surface area contributed by atoms with E-state index in [0.717, 1.165) is 6.54 Å². The van der Waals surface area contributed by atoms with Crippen LogP contribution in [0.4, 0.5) is 0 Å². The standard InChI is InChI=1S/C18H21N/c1-14(15-8-4-3-5-9-15)18-17-11-7-6-10-16(17)12-13-19(18)2/h3-11,14,18H,12-13H2,1-2H3. The maximum absolute atomic E-state index is 2.50. The fourth-order valence-corrected chi connectivity index (χ4v) is 3.31. The highest BCUT2D eigenvalue weighted by molar-refractivity contribution is 5.36. The first-order chi connectivity index (χ1) is 9.27. The predicted molar refractivity (Wildman–Crippen MR) is 80.4 cm³/mol. The van der Waals surface area contributed by atoms with E-state index in [9.17, 15) is 0 Å². The van der Waals surface area contributed by atoms with Crippen LogP contribution in [0, 0.1) is 0 Å². The SMILES string of the molecule is CC(c1ccccc1)C1c2ccccc2CCN1C. The molecule has 2 unspecified atom stereocenters. The van der Waals surface area contributed by atoms with Crippen LogP contribution in [0.2, 0.25) is 0 Å². The van der Waals surface area contributed by atoms with Gasteiger partial charge in [-0.1, -0.05) is 61.5 Å². The van der Waals surface area contributed by atoms with Crippen LogP contribution in [0.1, 0.15) is 35.6 Å². The van der Waals surface area contributed by atoms with Crippen LogP contribution in [-0.2, 0) is 6.42 Å². The second kappa shape index (κ2) is 5.18. The highest BCUT2D eigenvalue weighted by atomic mass is 15.1. The molecule has 1 nitrogen and oxygen atoms in total. The van der Waals surface area contributed by atoms with E-state index in [2.05, 4.69) is 73.5 Å². The minimum absolute atomic E-state index is 0.493. The summed E-state index contributed by atoms with van der Waals surface area (Å²) >= 11 is 0. The van der Waals surface area contributed by atoms with Crippen molar-refractivity contribution < 1.29 is 0 Å². The number of likely N-dealkylation sites (N-methyl/N-ethyl adjacent to an activating group) is 1. The predicted octanol–water partition coefficient (Wildman–Crippen LogP) is 4.02. The summed E-state index contributed by atoms with van der Waals surface area (Å²) in [5, 5.41) is 0. The van der Waals surface area contributed by atoms with E-state index in [-0.39, 0.29) is 0 Å². The Bertz CT molecular complexity index is 547. The Hall–Kier alpha value is -1.60. The van der Waals surface area contributed by atoms with Crippen LogP contribution in [0.15, 0.2) is 54.6 Å². The molecule has 0 bridgehead atoms. The molecule has 2 aromatic rings. The topological polar surface area (TPSA) is 3.24 Å². The molecule has 1 aliphatic heterocycles. The lowest BCUT2D eigenvalue weighted by Crippen LogP contribution is -2.35. The molecule has 19 heavy (non-hydrogen) atoms. The molecule has 2 aromatic carbocycles. The Morgan fingerprint density at radius 2 is 1.68 bits per heavy atom. The highest BCUT2D eigenvalue weighted by Gasteiger charge is 2.29. The van der Waals surface area contributed by atoms with Gasteiger partial charge in [-0.05, 0) is 30.2 Å². The normalized spacial score (nSPS) is 20.8. The molecule has 0 N–H and O–H groups in total. The van der Waals surface area contributed by atoms with Crippen molar-refractivity contribution in [2.45, 2.75) is 25.3 Å². The molecular weight excluding hydrogens is 230 g/mol. The van der Waals surface area contributed by atoms with Crippen molar-refractivity contribution in [2.75, 3.05) is 13.6 Å². The lowest BCUT2D eigenvalue weighted by molar-refractivity contribution is 0.205. The molecular formula is C18H21N. The Morgan fingerprint density at radius 1 is 1.00 bits per heavy atom. The van der Waals surface area contributed by atoms with Gasteiger partial charge in [0.1, 0.15) is 0 Å². The van der Waals surface area contributed by atoms with Gasteiger partial charge in [0.2, 0.25) is 0 Å². The summed E-state index contributed by atoms with van der Waals surface area (Å²) < 4.78 is 0. The fourth-order valence-electron chi connectivity index (χ4n) is 3.31. The Balaban J connectivity index is 2.00. The van der Waals surface area contributed by atoms with Crippen LogP contribution in [0.25, 0.3) is 0 Å². The molecule has 2 atom stereocenters. The van der Waals surface area contributed by atoms with E-state index in [1.807, 2.05) is 0 Å². The first kappa shape index (κ1) is 12.4. The second-order valence-corrected chi connectivity index (χ2v) is 5.57. The lowest BCUT2D eigenvalue weighted by atomic mass is 9.82. The summed E-state index contributed by atoms with van der Waals surface area (Å²) in [6.45, 7) is 3.50. The van der Waals surface area contributed by atoms with Crippen LogP contribution >= 0.6 is 0 Å². The molecule has 3 rings (SSSR count). The molecule has 0 fully saturated rings. The second-order valence-electron chi connectivity index (χ2n) is 5.57. The van der Waals surface area contributed by atoms with Crippen molar-refractivity contribution >= 4 is 0 Å². The molecule has 0 spiro atoms. The maximum atomic E-state index is 2.50. The summed E-state index contributed by atoms with van der Waals surface area (Å²) in [6, 6.07) is 20.3. The first-order valence-corrected chi connectivity index (χ1v) is 7.10. The van der Waals surface area contributed by atoms with Crippen LogP contribution in [-0.4, -0.2) is 18.5 Å². The molecule has 1 heterocycles. The molecule has 0 aromatic heterocycles. The third kappa shape index (κ3) is 2.31. The summed E-state index contributed by atoms with van der Waals surface area (Å²) in [5.41, 5.74) is 4.46. The van der Waals surface area contributed by atoms with E-state index in [1.165, 1.54) is 23.1 Å². The van der Waals surface area contributed by atoms with Crippen molar-refractivity contribution in [1.82, 2.24) is 4.90 Å². The monoisotopic (exact) mass is 251 g/mol. The van der Waals surface area contributed by atoms with Gasteiger partial charge in [-0.2, -0.15) is 0 Å². The van der Waals surface area contributed by atoms with Gasteiger partial charge in [0.05, 0.1) is 0 Å². The quantitative estimate of drug-likeness (QED) is 0.779. The van der Waals surface area contributed by atoms with Gasteiger partial charge in [0.25, 0.3) is 0 Å². The van der Waals surface area contributed by atoms with Gasteiger partial charge < -0.3 is 0 Å². The molecule has 0 amide bonds. The van der Waals surface area contributed by atoms with E-state index in [4.69, 9.17) is 0 Å². The van der Waals surface area contributed by atoms with Gasteiger partial charge >= 0.3 is 0 Å². The van der Waals surface area contributed by atoms with Crippen molar-refractivity contribution in [3.8, 4) is 0 Å². The molecule has 0 saturated heterocycles. The summed E-state index contributed by atoms with van der Waals surface area (Å²) in [4.78, 5) is 2.50. The molecule has 1 aliphatic rings.